The average molecular weight is 221 g/mol. The summed E-state index contributed by atoms with van der Waals surface area (Å²) in [6.07, 6.45) is 0. The number of hydrogen-bond donors (Lipinski definition) is 1. The van der Waals surface area contributed by atoms with Gasteiger partial charge < -0.3 is 4.74 Å². The zero-order valence-electron chi connectivity index (χ0n) is 8.25. The number of tetrazole rings is 1. The fourth-order valence-electron chi connectivity index (χ4n) is 1.26. The van der Waals surface area contributed by atoms with Gasteiger partial charge in [0.15, 0.2) is 5.75 Å². The van der Waals surface area contributed by atoms with E-state index in [1.54, 1.807) is 6.07 Å². The minimum absolute atomic E-state index is 0.134. The highest BCUT2D eigenvalue weighted by atomic mass is 16.6. The summed E-state index contributed by atoms with van der Waals surface area (Å²) in [5.74, 6) is 0.489. The van der Waals surface area contributed by atoms with E-state index in [1.807, 2.05) is 0 Å². The summed E-state index contributed by atoms with van der Waals surface area (Å²) in [5, 5.41) is 23.9. The first-order valence-electron chi connectivity index (χ1n) is 4.28. The number of aromatic nitrogens is 4. The molecular formula is C8H7N5O3. The Bertz CT molecular complexity index is 510. The second-order valence-electron chi connectivity index (χ2n) is 2.88. The number of benzene rings is 1. The molecule has 0 amide bonds. The Labute approximate surface area is 89.4 Å². The molecule has 0 aliphatic heterocycles. The molecule has 0 aliphatic rings. The van der Waals surface area contributed by atoms with E-state index in [2.05, 4.69) is 20.6 Å². The largest absolute Gasteiger partial charge is 0.490 e. The van der Waals surface area contributed by atoms with Crippen molar-refractivity contribution in [3.63, 3.8) is 0 Å². The molecule has 8 nitrogen and oxygen atoms in total. The zero-order chi connectivity index (χ0) is 11.5. The van der Waals surface area contributed by atoms with Gasteiger partial charge in [0.05, 0.1) is 12.0 Å². The molecule has 1 N–H and O–H groups in total. The fourth-order valence-corrected chi connectivity index (χ4v) is 1.26. The van der Waals surface area contributed by atoms with Crippen molar-refractivity contribution in [2.24, 2.45) is 0 Å². The lowest BCUT2D eigenvalue weighted by Gasteiger charge is -2.01. The molecule has 0 saturated heterocycles. The highest BCUT2D eigenvalue weighted by molar-refractivity contribution is 5.62. The molecule has 1 aromatic carbocycles. The van der Waals surface area contributed by atoms with E-state index in [4.69, 9.17) is 4.74 Å². The minimum Gasteiger partial charge on any atom is -0.490 e. The van der Waals surface area contributed by atoms with Crippen LogP contribution in [0.1, 0.15) is 0 Å². The number of aromatic amines is 1. The third kappa shape index (κ3) is 1.67. The Hall–Kier alpha value is -2.51. The van der Waals surface area contributed by atoms with Crippen molar-refractivity contribution in [1.29, 1.82) is 0 Å². The first-order chi connectivity index (χ1) is 7.72. The monoisotopic (exact) mass is 221 g/mol. The molecule has 8 heteroatoms. The maximum absolute atomic E-state index is 10.8. The normalized spacial score (nSPS) is 10.1. The molecule has 82 valence electrons. The van der Waals surface area contributed by atoms with Gasteiger partial charge in [-0.05, 0) is 17.3 Å². The summed E-state index contributed by atoms with van der Waals surface area (Å²) >= 11 is 0. The molecule has 0 radical (unpaired) electrons. The lowest BCUT2D eigenvalue weighted by Crippen LogP contribution is -1.94. The van der Waals surface area contributed by atoms with Crippen molar-refractivity contribution in [2.75, 3.05) is 7.11 Å². The number of hydrogen-bond acceptors (Lipinski definition) is 6. The van der Waals surface area contributed by atoms with Gasteiger partial charge in [0.1, 0.15) is 0 Å². The number of nitrogens with one attached hydrogen (secondary N) is 1. The predicted molar refractivity (Wildman–Crippen MR) is 52.8 cm³/mol. The standard InChI is InChI=1S/C8H7N5O3/c1-16-7-3-2-5(4-6(7)13(14)15)8-9-11-12-10-8/h2-4H,1H3,(H,9,10,11,12). The highest BCUT2D eigenvalue weighted by Gasteiger charge is 2.17. The Morgan fingerprint density at radius 3 is 2.88 bits per heavy atom. The summed E-state index contributed by atoms with van der Waals surface area (Å²) in [7, 11) is 1.37. The molecule has 0 fully saturated rings. The predicted octanol–water partition coefficient (Wildman–Crippen LogP) is 0.783. The van der Waals surface area contributed by atoms with Crippen LogP contribution in [0.25, 0.3) is 11.4 Å². The van der Waals surface area contributed by atoms with Gasteiger partial charge in [-0.25, -0.2) is 0 Å². The second-order valence-corrected chi connectivity index (χ2v) is 2.88. The summed E-state index contributed by atoms with van der Waals surface area (Å²) in [6, 6.07) is 4.45. The maximum atomic E-state index is 10.8. The van der Waals surface area contributed by atoms with Crippen molar-refractivity contribution in [3.8, 4) is 17.1 Å². The lowest BCUT2D eigenvalue weighted by molar-refractivity contribution is -0.385. The molecule has 1 heterocycles. The average Bonchev–Trinajstić information content (AvgIpc) is 2.81. The molecule has 0 bridgehead atoms. The zero-order valence-corrected chi connectivity index (χ0v) is 8.25. The van der Waals surface area contributed by atoms with Gasteiger partial charge >= 0.3 is 5.69 Å². The van der Waals surface area contributed by atoms with Crippen LogP contribution in [0.2, 0.25) is 0 Å². The van der Waals surface area contributed by atoms with Crippen LogP contribution in [0.5, 0.6) is 5.75 Å². The third-order valence-electron chi connectivity index (χ3n) is 1.98. The van der Waals surface area contributed by atoms with Crippen molar-refractivity contribution in [2.45, 2.75) is 0 Å². The lowest BCUT2D eigenvalue weighted by atomic mass is 10.2. The van der Waals surface area contributed by atoms with Crippen LogP contribution in [0.3, 0.4) is 0 Å². The Balaban J connectivity index is 2.51. The van der Waals surface area contributed by atoms with Crippen LogP contribution in [-0.4, -0.2) is 32.7 Å². The van der Waals surface area contributed by atoms with E-state index < -0.39 is 4.92 Å². The van der Waals surface area contributed by atoms with E-state index in [-0.39, 0.29) is 11.4 Å². The van der Waals surface area contributed by atoms with E-state index in [1.165, 1.54) is 19.2 Å². The maximum Gasteiger partial charge on any atom is 0.311 e. The van der Waals surface area contributed by atoms with Crippen molar-refractivity contribution in [1.82, 2.24) is 20.6 Å². The molecule has 0 spiro atoms. The van der Waals surface area contributed by atoms with E-state index in [0.717, 1.165) is 0 Å². The van der Waals surface area contributed by atoms with Gasteiger partial charge in [-0.2, -0.15) is 5.21 Å². The van der Waals surface area contributed by atoms with Gasteiger partial charge in [-0.1, -0.05) is 0 Å². The highest BCUT2D eigenvalue weighted by Crippen LogP contribution is 2.30. The number of H-pyrrole nitrogens is 1. The molecule has 0 atom stereocenters. The van der Waals surface area contributed by atoms with Gasteiger partial charge in [-0.3, -0.25) is 10.1 Å². The SMILES string of the molecule is COc1ccc(-c2nn[nH]n2)cc1[N+](=O)[O-]. The van der Waals surface area contributed by atoms with Crippen LogP contribution < -0.4 is 4.74 Å². The molecule has 1 aromatic heterocycles. The van der Waals surface area contributed by atoms with Gasteiger partial charge in [0.2, 0.25) is 5.82 Å². The van der Waals surface area contributed by atoms with E-state index in [0.29, 0.717) is 11.4 Å². The smallest absolute Gasteiger partial charge is 0.311 e. The number of nitro groups is 1. The first kappa shape index (κ1) is 10.0. The van der Waals surface area contributed by atoms with Crippen molar-refractivity contribution < 1.29 is 9.66 Å². The van der Waals surface area contributed by atoms with Gasteiger partial charge in [0, 0.05) is 11.6 Å². The summed E-state index contributed by atoms with van der Waals surface area (Å²) < 4.78 is 4.87. The number of nitro benzene ring substituents is 1. The second kappa shape index (κ2) is 3.93. The number of rotatable bonds is 3. The van der Waals surface area contributed by atoms with Gasteiger partial charge in [0.25, 0.3) is 0 Å². The van der Waals surface area contributed by atoms with Crippen LogP contribution in [-0.2, 0) is 0 Å². The molecule has 0 saturated carbocycles. The van der Waals surface area contributed by atoms with Crippen molar-refractivity contribution >= 4 is 5.69 Å². The molecule has 16 heavy (non-hydrogen) atoms. The van der Waals surface area contributed by atoms with Crippen molar-refractivity contribution in [3.05, 3.63) is 28.3 Å². The molecular weight excluding hydrogens is 214 g/mol. The molecule has 2 aromatic rings. The number of nitrogens with zero attached hydrogens (tertiary/aromatic N) is 4. The number of ether oxygens (including phenoxy) is 1. The summed E-state index contributed by atoms with van der Waals surface area (Å²) in [6.45, 7) is 0. The first-order valence-corrected chi connectivity index (χ1v) is 4.28. The van der Waals surface area contributed by atoms with E-state index in [9.17, 15) is 10.1 Å². The third-order valence-corrected chi connectivity index (χ3v) is 1.98. The molecule has 0 aliphatic carbocycles. The van der Waals surface area contributed by atoms with Crippen LogP contribution in [0, 0.1) is 10.1 Å². The summed E-state index contributed by atoms with van der Waals surface area (Å²) in [4.78, 5) is 10.2. The Morgan fingerprint density at radius 2 is 2.31 bits per heavy atom. The van der Waals surface area contributed by atoms with E-state index >= 15 is 0 Å². The number of methoxy groups -OCH3 is 1. The minimum atomic E-state index is -0.525. The quantitative estimate of drug-likeness (QED) is 0.606. The molecule has 2 rings (SSSR count). The van der Waals surface area contributed by atoms with Crippen LogP contribution in [0.4, 0.5) is 5.69 Å². The summed E-state index contributed by atoms with van der Waals surface area (Å²) in [5.41, 5.74) is 0.367. The molecule has 0 unspecified atom stereocenters. The van der Waals surface area contributed by atoms with Crippen LogP contribution in [0.15, 0.2) is 18.2 Å². The van der Waals surface area contributed by atoms with Crippen LogP contribution >= 0.6 is 0 Å². The Morgan fingerprint density at radius 1 is 1.50 bits per heavy atom. The Kier molecular flexibility index (Phi) is 2.46. The fraction of sp³-hybridized carbons (Fsp3) is 0.125. The van der Waals surface area contributed by atoms with Gasteiger partial charge in [-0.15, -0.1) is 10.2 Å². The topological polar surface area (TPSA) is 107 Å².